The van der Waals surface area contributed by atoms with E-state index in [0.29, 0.717) is 12.8 Å². The summed E-state index contributed by atoms with van der Waals surface area (Å²) in [6, 6.07) is 0. The van der Waals surface area contributed by atoms with E-state index in [2.05, 4.69) is 74.6 Å². The Bertz CT molecular complexity index is 1490. The molecule has 0 aromatic rings. The van der Waals surface area contributed by atoms with Crippen molar-refractivity contribution in [2.24, 2.45) is 0 Å². The molecule has 6 atom stereocenters. The third-order valence-corrected chi connectivity index (χ3v) is 13.1. The van der Waals surface area contributed by atoms with Crippen LogP contribution in [0.4, 0.5) is 0 Å². The molecule has 0 radical (unpaired) electrons. The van der Waals surface area contributed by atoms with E-state index in [0.717, 1.165) is 70.6 Å². The molecule has 0 spiro atoms. The topological polar surface area (TPSA) is 186 Å². The molecule has 0 aromatic carbocycles. The lowest BCUT2D eigenvalue weighted by Crippen LogP contribution is -2.60. The Hall–Kier alpha value is -2.65. The monoisotopic (exact) mass is 995 g/mol. The maximum Gasteiger partial charge on any atom is 0.306 e. The van der Waals surface area contributed by atoms with Crippen LogP contribution in [0.25, 0.3) is 0 Å². The van der Waals surface area contributed by atoms with E-state index in [1.54, 1.807) is 0 Å². The lowest BCUT2D eigenvalue weighted by molar-refractivity contribution is -0.297. The number of ether oxygens (including phenoxy) is 4. The Kier molecular flexibility index (Phi) is 42.2. The Morgan fingerprint density at radius 2 is 0.913 bits per heavy atom. The van der Waals surface area contributed by atoms with Crippen LogP contribution in [0.1, 0.15) is 226 Å². The molecule has 400 valence electrons. The molecule has 0 bridgehead atoms. The predicted octanol–water partition coefficient (Wildman–Crippen LogP) is 12.8. The number of aliphatic hydroxyl groups excluding tert-OH is 3. The van der Waals surface area contributed by atoms with Crippen molar-refractivity contribution in [3.63, 3.8) is 0 Å². The Morgan fingerprint density at radius 1 is 0.507 bits per heavy atom. The van der Waals surface area contributed by atoms with Gasteiger partial charge in [0.25, 0.3) is 10.1 Å². The largest absolute Gasteiger partial charge is 0.462 e. The summed E-state index contributed by atoms with van der Waals surface area (Å²) >= 11 is 0. The van der Waals surface area contributed by atoms with Gasteiger partial charge in [0.15, 0.2) is 12.4 Å². The standard InChI is InChI=1S/C56H98O12S/c1-3-5-7-9-11-13-15-17-19-21-23-24-25-27-28-30-32-34-36-38-40-42-44-51(57)65-46-49(47-66-56-55(61)54(60)53(59)50(68-56)48-69(62,63)64)67-52(58)45-43-41-39-37-35-33-31-29-26-22-20-18-16-14-12-10-8-6-4-2/h6,8,12,14,18,20,26,29,33,35,49-50,53-56,59-61H,3-5,7,9-11,13,15-17,19,21-25,27-28,30-32,34,36-48H2,1-2H3,(H,62,63,64)/b8-6+,14-12+,20-18+,29-26+,35-33+/t49-,50-,53-,54?,55?,56+/m1/s1. The molecule has 13 heteroatoms. The number of carbonyl (C=O) groups is 2. The molecule has 0 saturated carbocycles. The molecular formula is C56H98O12S. The lowest BCUT2D eigenvalue weighted by Gasteiger charge is -2.40. The highest BCUT2D eigenvalue weighted by Crippen LogP contribution is 2.24. The minimum atomic E-state index is -4.61. The van der Waals surface area contributed by atoms with Crippen LogP contribution in [0.2, 0.25) is 0 Å². The molecule has 69 heavy (non-hydrogen) atoms. The van der Waals surface area contributed by atoms with Crippen molar-refractivity contribution in [3.05, 3.63) is 60.8 Å². The first kappa shape index (κ1) is 64.4. The molecule has 1 aliphatic rings. The van der Waals surface area contributed by atoms with Gasteiger partial charge in [0.05, 0.1) is 6.61 Å². The third-order valence-electron chi connectivity index (χ3n) is 12.4. The van der Waals surface area contributed by atoms with E-state index in [-0.39, 0.29) is 19.4 Å². The van der Waals surface area contributed by atoms with E-state index in [1.807, 2.05) is 0 Å². The quantitative estimate of drug-likeness (QED) is 0.0196. The molecule has 1 aliphatic heterocycles. The van der Waals surface area contributed by atoms with Crippen molar-refractivity contribution >= 4 is 22.1 Å². The number of hydrogen-bond acceptors (Lipinski definition) is 11. The molecule has 2 unspecified atom stereocenters. The van der Waals surface area contributed by atoms with E-state index in [1.165, 1.54) is 116 Å². The first-order valence-electron chi connectivity index (χ1n) is 27.3. The third kappa shape index (κ3) is 39.6. The maximum atomic E-state index is 12.9. The lowest BCUT2D eigenvalue weighted by atomic mass is 10.00. The van der Waals surface area contributed by atoms with Crippen molar-refractivity contribution in [1.82, 2.24) is 0 Å². The van der Waals surface area contributed by atoms with Crippen LogP contribution in [0, 0.1) is 0 Å². The molecule has 4 N–H and O–H groups in total. The Morgan fingerprint density at radius 3 is 1.36 bits per heavy atom. The molecule has 1 heterocycles. The SMILES string of the molecule is CC/C=C/C/C=C/C/C=C/C/C=C/C/C=C/CCCCCC(=O)O[C@H](COC(=O)CCCCCCCCCCCCCCCCCCCCCCCC)CO[C@H]1O[C@H](CS(=O)(=O)O)[C@@H](O)C(O)C1O. The van der Waals surface area contributed by atoms with E-state index < -0.39 is 71.2 Å². The second kappa shape index (κ2) is 45.2. The van der Waals surface area contributed by atoms with E-state index >= 15 is 0 Å². The highest BCUT2D eigenvalue weighted by atomic mass is 32.2. The highest BCUT2D eigenvalue weighted by Gasteiger charge is 2.46. The van der Waals surface area contributed by atoms with Crippen molar-refractivity contribution in [2.45, 2.75) is 263 Å². The van der Waals surface area contributed by atoms with Gasteiger partial charge < -0.3 is 34.3 Å². The molecular weight excluding hydrogens is 897 g/mol. The van der Waals surface area contributed by atoms with Crippen LogP contribution in [-0.2, 0) is 38.7 Å². The van der Waals surface area contributed by atoms with Gasteiger partial charge in [0.1, 0.15) is 36.8 Å². The summed E-state index contributed by atoms with van der Waals surface area (Å²) in [4.78, 5) is 25.6. The van der Waals surface area contributed by atoms with Gasteiger partial charge in [-0.1, -0.05) is 216 Å². The zero-order valence-corrected chi connectivity index (χ0v) is 44.0. The van der Waals surface area contributed by atoms with Crippen LogP contribution >= 0.6 is 0 Å². The van der Waals surface area contributed by atoms with Gasteiger partial charge in [-0.25, -0.2) is 0 Å². The first-order chi connectivity index (χ1) is 33.5. The molecule has 0 aliphatic carbocycles. The summed E-state index contributed by atoms with van der Waals surface area (Å²) < 4.78 is 54.3. The van der Waals surface area contributed by atoms with Crippen LogP contribution in [0.3, 0.4) is 0 Å². The summed E-state index contributed by atoms with van der Waals surface area (Å²) in [5, 5.41) is 31.0. The molecule has 12 nitrogen and oxygen atoms in total. The second-order valence-electron chi connectivity index (χ2n) is 18.9. The molecule has 1 fully saturated rings. The van der Waals surface area contributed by atoms with Crippen molar-refractivity contribution in [1.29, 1.82) is 0 Å². The van der Waals surface area contributed by atoms with Crippen LogP contribution in [0.15, 0.2) is 60.8 Å². The smallest absolute Gasteiger partial charge is 0.306 e. The normalized spacial score (nSPS) is 19.5. The number of unbranched alkanes of at least 4 members (excludes halogenated alkanes) is 24. The van der Waals surface area contributed by atoms with Gasteiger partial charge in [0, 0.05) is 12.8 Å². The van der Waals surface area contributed by atoms with Crippen molar-refractivity contribution in [3.8, 4) is 0 Å². The van der Waals surface area contributed by atoms with Gasteiger partial charge in [-0.3, -0.25) is 14.1 Å². The Balaban J connectivity index is 2.35. The zero-order chi connectivity index (χ0) is 50.5. The molecule has 0 aromatic heterocycles. The highest BCUT2D eigenvalue weighted by molar-refractivity contribution is 7.85. The maximum absolute atomic E-state index is 12.9. The number of aliphatic hydroxyl groups is 3. The van der Waals surface area contributed by atoms with Gasteiger partial charge >= 0.3 is 11.9 Å². The summed E-state index contributed by atoms with van der Waals surface area (Å²) in [6.45, 7) is 3.66. The zero-order valence-electron chi connectivity index (χ0n) is 43.2. The average Bonchev–Trinajstić information content (AvgIpc) is 3.32. The predicted molar refractivity (Wildman–Crippen MR) is 279 cm³/mol. The van der Waals surface area contributed by atoms with E-state index in [4.69, 9.17) is 18.9 Å². The molecule has 1 saturated heterocycles. The second-order valence-corrected chi connectivity index (χ2v) is 20.4. The minimum absolute atomic E-state index is 0.124. The van der Waals surface area contributed by atoms with Gasteiger partial charge in [-0.2, -0.15) is 8.42 Å². The Labute approximate surface area is 419 Å². The summed E-state index contributed by atoms with van der Waals surface area (Å²) in [7, 11) is -4.61. The van der Waals surface area contributed by atoms with Crippen LogP contribution in [-0.4, -0.2) is 96.0 Å². The van der Waals surface area contributed by atoms with Crippen molar-refractivity contribution < 1.29 is 56.8 Å². The van der Waals surface area contributed by atoms with Gasteiger partial charge in [-0.15, -0.1) is 0 Å². The number of hydrogen-bond donors (Lipinski definition) is 4. The fourth-order valence-electron chi connectivity index (χ4n) is 8.18. The average molecular weight is 995 g/mol. The van der Waals surface area contributed by atoms with E-state index in [9.17, 15) is 37.9 Å². The first-order valence-corrected chi connectivity index (χ1v) is 29.0. The fourth-order valence-corrected chi connectivity index (χ4v) is 8.87. The molecule has 1 rings (SSSR count). The number of rotatable bonds is 46. The summed E-state index contributed by atoms with van der Waals surface area (Å²) in [6.07, 6.45) is 48.4. The number of esters is 2. The number of carbonyl (C=O) groups excluding carboxylic acids is 2. The van der Waals surface area contributed by atoms with Gasteiger partial charge in [-0.05, 0) is 57.8 Å². The van der Waals surface area contributed by atoms with Crippen LogP contribution in [0.5, 0.6) is 0 Å². The van der Waals surface area contributed by atoms with Gasteiger partial charge in [0.2, 0.25) is 0 Å². The number of allylic oxidation sites excluding steroid dienone is 10. The van der Waals surface area contributed by atoms with Crippen molar-refractivity contribution in [2.75, 3.05) is 19.0 Å². The minimum Gasteiger partial charge on any atom is -0.462 e. The van der Waals surface area contributed by atoms with Crippen LogP contribution < -0.4 is 0 Å². The summed E-state index contributed by atoms with van der Waals surface area (Å²) in [5.41, 5.74) is 0. The molecule has 0 amide bonds. The fraction of sp³-hybridized carbons (Fsp3) is 0.786. The summed E-state index contributed by atoms with van der Waals surface area (Å²) in [5.74, 6) is -2.02.